The van der Waals surface area contributed by atoms with Gasteiger partial charge in [-0.3, -0.25) is 9.59 Å². The van der Waals surface area contributed by atoms with Crippen LogP contribution in [0.4, 0.5) is 0 Å². The fourth-order valence-corrected chi connectivity index (χ4v) is 7.74. The molecular formula is C24H28N2O4S2. The van der Waals surface area contributed by atoms with Gasteiger partial charge in [0.2, 0.25) is 0 Å². The van der Waals surface area contributed by atoms with Gasteiger partial charge in [0, 0.05) is 35.3 Å². The summed E-state index contributed by atoms with van der Waals surface area (Å²) in [6, 6.07) is 14.7. The molecule has 0 radical (unpaired) electrons. The zero-order valence-electron chi connectivity index (χ0n) is 18.0. The Morgan fingerprint density at radius 1 is 1.00 bits per heavy atom. The summed E-state index contributed by atoms with van der Waals surface area (Å²) in [7, 11) is -2.96. The smallest absolute Gasteiger partial charge is 0.253 e. The first-order valence-electron chi connectivity index (χ1n) is 11.0. The van der Waals surface area contributed by atoms with Gasteiger partial charge in [0.25, 0.3) is 11.8 Å². The summed E-state index contributed by atoms with van der Waals surface area (Å²) in [5, 5.41) is 2.93. The number of thioether (sulfide) groups is 1. The standard InChI is InChI=1S/C24H28N2O4S2/c27-23(21-6-2-3-7-22(21)31-20-12-15-32(29,30)17-20)25-16-18-8-10-19(11-9-18)24(28)26-13-4-1-5-14-26/h2-3,6-11,20H,1,4-5,12-17H2,(H,25,27). The normalized spacial score (nSPS) is 20.1. The number of nitrogens with one attached hydrogen (secondary N) is 1. The first-order valence-corrected chi connectivity index (χ1v) is 13.7. The van der Waals surface area contributed by atoms with Crippen LogP contribution >= 0.6 is 11.8 Å². The molecule has 2 heterocycles. The van der Waals surface area contributed by atoms with Crippen molar-refractivity contribution >= 4 is 33.4 Å². The van der Waals surface area contributed by atoms with E-state index in [0.29, 0.717) is 24.1 Å². The number of sulfone groups is 1. The number of nitrogens with zero attached hydrogens (tertiary/aromatic N) is 1. The molecule has 32 heavy (non-hydrogen) atoms. The topological polar surface area (TPSA) is 83.6 Å². The molecule has 1 unspecified atom stereocenters. The molecule has 2 amide bonds. The molecule has 2 saturated heterocycles. The van der Waals surface area contributed by atoms with Crippen LogP contribution in [0, 0.1) is 0 Å². The third-order valence-corrected chi connectivity index (χ3v) is 9.24. The molecular weight excluding hydrogens is 444 g/mol. The summed E-state index contributed by atoms with van der Waals surface area (Å²) >= 11 is 1.47. The number of amides is 2. The predicted molar refractivity (Wildman–Crippen MR) is 127 cm³/mol. The lowest BCUT2D eigenvalue weighted by atomic mass is 10.1. The highest BCUT2D eigenvalue weighted by Gasteiger charge is 2.29. The van der Waals surface area contributed by atoms with Crippen LogP contribution in [0.25, 0.3) is 0 Å². The monoisotopic (exact) mass is 472 g/mol. The second kappa shape index (κ2) is 10.1. The SMILES string of the molecule is O=C(NCc1ccc(C(=O)N2CCCCC2)cc1)c1ccccc1SC1CCS(=O)(=O)C1. The van der Waals surface area contributed by atoms with Crippen molar-refractivity contribution in [2.24, 2.45) is 0 Å². The van der Waals surface area contributed by atoms with Crippen LogP contribution in [0.3, 0.4) is 0 Å². The van der Waals surface area contributed by atoms with E-state index in [1.54, 1.807) is 6.07 Å². The van der Waals surface area contributed by atoms with Gasteiger partial charge in [0.1, 0.15) is 0 Å². The highest BCUT2D eigenvalue weighted by atomic mass is 32.2. The summed E-state index contributed by atoms with van der Waals surface area (Å²) in [6.07, 6.45) is 3.92. The molecule has 6 nitrogen and oxygen atoms in total. The summed E-state index contributed by atoms with van der Waals surface area (Å²) in [4.78, 5) is 28.1. The maximum Gasteiger partial charge on any atom is 0.253 e. The number of rotatable bonds is 6. The van der Waals surface area contributed by atoms with Crippen molar-refractivity contribution in [2.45, 2.75) is 42.4 Å². The van der Waals surface area contributed by atoms with Crippen LogP contribution in [-0.2, 0) is 16.4 Å². The number of hydrogen-bond acceptors (Lipinski definition) is 5. The van der Waals surface area contributed by atoms with E-state index in [1.807, 2.05) is 47.4 Å². The predicted octanol–water partition coefficient (Wildman–Crippen LogP) is 3.52. The highest BCUT2D eigenvalue weighted by Crippen LogP contribution is 2.33. The van der Waals surface area contributed by atoms with Gasteiger partial charge in [0.15, 0.2) is 9.84 Å². The lowest BCUT2D eigenvalue weighted by molar-refractivity contribution is 0.0724. The summed E-state index contributed by atoms with van der Waals surface area (Å²) < 4.78 is 23.5. The molecule has 0 saturated carbocycles. The van der Waals surface area contributed by atoms with E-state index in [2.05, 4.69) is 5.32 Å². The molecule has 0 bridgehead atoms. The van der Waals surface area contributed by atoms with Crippen LogP contribution in [-0.4, -0.2) is 55.0 Å². The van der Waals surface area contributed by atoms with Gasteiger partial charge in [-0.1, -0.05) is 24.3 Å². The van der Waals surface area contributed by atoms with Crippen molar-refractivity contribution in [1.29, 1.82) is 0 Å². The minimum atomic E-state index is -2.96. The Balaban J connectivity index is 1.35. The number of carbonyl (C=O) groups is 2. The second-order valence-corrected chi connectivity index (χ2v) is 11.9. The average molecular weight is 473 g/mol. The van der Waals surface area contributed by atoms with E-state index in [-0.39, 0.29) is 28.6 Å². The first-order chi connectivity index (χ1) is 15.4. The second-order valence-electron chi connectivity index (χ2n) is 8.37. The molecule has 2 aromatic rings. The summed E-state index contributed by atoms with van der Waals surface area (Å²) in [6.45, 7) is 2.00. The third-order valence-electron chi connectivity index (χ3n) is 5.91. The molecule has 2 aromatic carbocycles. The van der Waals surface area contributed by atoms with Gasteiger partial charge < -0.3 is 10.2 Å². The van der Waals surface area contributed by atoms with Gasteiger partial charge in [0.05, 0.1) is 17.1 Å². The Bertz CT molecular complexity index is 1080. The van der Waals surface area contributed by atoms with Crippen LogP contribution in [0.15, 0.2) is 53.4 Å². The van der Waals surface area contributed by atoms with Crippen molar-refractivity contribution < 1.29 is 18.0 Å². The van der Waals surface area contributed by atoms with Crippen LogP contribution in [0.5, 0.6) is 0 Å². The van der Waals surface area contributed by atoms with E-state index in [9.17, 15) is 18.0 Å². The van der Waals surface area contributed by atoms with E-state index in [0.717, 1.165) is 36.4 Å². The lowest BCUT2D eigenvalue weighted by Gasteiger charge is -2.26. The third kappa shape index (κ3) is 5.72. The molecule has 0 spiro atoms. The summed E-state index contributed by atoms with van der Waals surface area (Å²) in [5.74, 6) is 0.258. The van der Waals surface area contributed by atoms with Crippen LogP contribution in [0.1, 0.15) is 52.0 Å². The number of hydrogen-bond donors (Lipinski definition) is 1. The van der Waals surface area contributed by atoms with E-state index < -0.39 is 9.84 Å². The van der Waals surface area contributed by atoms with Crippen molar-refractivity contribution in [2.75, 3.05) is 24.6 Å². The first kappa shape index (κ1) is 22.9. The fraction of sp³-hybridized carbons (Fsp3) is 0.417. The Morgan fingerprint density at radius 3 is 2.41 bits per heavy atom. The quantitative estimate of drug-likeness (QED) is 0.696. The van der Waals surface area contributed by atoms with Gasteiger partial charge >= 0.3 is 0 Å². The van der Waals surface area contributed by atoms with Crippen LogP contribution < -0.4 is 5.32 Å². The summed E-state index contributed by atoms with van der Waals surface area (Å²) in [5.41, 5.74) is 2.15. The van der Waals surface area contributed by atoms with Gasteiger partial charge in [-0.15, -0.1) is 11.8 Å². The largest absolute Gasteiger partial charge is 0.348 e. The van der Waals surface area contributed by atoms with E-state index >= 15 is 0 Å². The fourth-order valence-electron chi connectivity index (χ4n) is 4.11. The lowest BCUT2D eigenvalue weighted by Crippen LogP contribution is -2.35. The molecule has 4 rings (SSSR count). The molecule has 1 atom stereocenters. The maximum atomic E-state index is 12.8. The Kier molecular flexibility index (Phi) is 7.20. The number of piperidine rings is 1. The highest BCUT2D eigenvalue weighted by molar-refractivity contribution is 8.02. The molecule has 8 heteroatoms. The minimum absolute atomic E-state index is 0.0149. The van der Waals surface area contributed by atoms with E-state index in [1.165, 1.54) is 18.2 Å². The molecule has 170 valence electrons. The van der Waals surface area contributed by atoms with Crippen molar-refractivity contribution in [3.63, 3.8) is 0 Å². The zero-order chi connectivity index (χ0) is 22.6. The van der Waals surface area contributed by atoms with Crippen molar-refractivity contribution in [1.82, 2.24) is 10.2 Å². The average Bonchev–Trinajstić information content (AvgIpc) is 3.16. The van der Waals surface area contributed by atoms with Crippen molar-refractivity contribution in [3.05, 3.63) is 65.2 Å². The number of carbonyl (C=O) groups excluding carboxylic acids is 2. The molecule has 1 N–H and O–H groups in total. The van der Waals surface area contributed by atoms with E-state index in [4.69, 9.17) is 0 Å². The molecule has 0 aromatic heterocycles. The molecule has 2 aliphatic rings. The van der Waals surface area contributed by atoms with Gasteiger partial charge in [-0.2, -0.15) is 0 Å². The Labute approximate surface area is 193 Å². The number of likely N-dealkylation sites (tertiary alicyclic amines) is 1. The zero-order valence-corrected chi connectivity index (χ0v) is 19.6. The Hall–Kier alpha value is -2.32. The number of benzene rings is 2. The van der Waals surface area contributed by atoms with Gasteiger partial charge in [-0.05, 0) is 55.5 Å². The molecule has 2 fully saturated rings. The maximum absolute atomic E-state index is 12.8. The molecule has 0 aliphatic carbocycles. The van der Waals surface area contributed by atoms with Crippen molar-refractivity contribution in [3.8, 4) is 0 Å². The van der Waals surface area contributed by atoms with Crippen LogP contribution in [0.2, 0.25) is 0 Å². The Morgan fingerprint density at radius 2 is 1.72 bits per heavy atom. The molecule has 2 aliphatic heterocycles. The van der Waals surface area contributed by atoms with Gasteiger partial charge in [-0.25, -0.2) is 8.42 Å². The minimum Gasteiger partial charge on any atom is -0.348 e.